The van der Waals surface area contributed by atoms with Gasteiger partial charge >= 0.3 is 11.9 Å². The number of phenols is 3. The van der Waals surface area contributed by atoms with Gasteiger partial charge in [-0.25, -0.2) is 0 Å². The molecular weight excluding hydrogens is 524 g/mol. The van der Waals surface area contributed by atoms with E-state index in [9.17, 15) is 45.0 Å². The molecule has 5 atom stereocenters. The second-order valence-electron chi connectivity index (χ2n) is 8.59. The Morgan fingerprint density at radius 3 is 2.18 bits per heavy atom. The standard InChI is InChI=1S/C25H24O14/c1-9(27)35-23-21(15(32)8-26)39-25(24(23)36-10(2)28)38-20-14(31)7-13(30)16-17(33)18(34)19(37-22(16)20)11-3-5-12(29)6-4-11/h3-7,15,21,23-26,29-32,34H,8H2,1-2H3/t15-,21-,23+,24-,25-/m1/s1. The highest BCUT2D eigenvalue weighted by Crippen LogP contribution is 2.44. The van der Waals surface area contributed by atoms with Crippen LogP contribution in [0.15, 0.2) is 39.5 Å². The number of phenolic OH excluding ortho intramolecular Hbond substituents is 3. The van der Waals surface area contributed by atoms with Gasteiger partial charge in [-0.3, -0.25) is 14.4 Å². The van der Waals surface area contributed by atoms with Crippen molar-refractivity contribution in [3.05, 3.63) is 40.6 Å². The van der Waals surface area contributed by atoms with E-state index in [4.69, 9.17) is 23.4 Å². The van der Waals surface area contributed by atoms with Crippen LogP contribution in [0.25, 0.3) is 22.3 Å². The highest BCUT2D eigenvalue weighted by atomic mass is 16.7. The number of benzene rings is 2. The number of carbonyl (C=O) groups excluding carboxylic acids is 2. The van der Waals surface area contributed by atoms with Crippen LogP contribution in [-0.2, 0) is 23.8 Å². The number of rotatable bonds is 7. The molecule has 2 heterocycles. The van der Waals surface area contributed by atoms with Crippen LogP contribution in [0.3, 0.4) is 0 Å². The predicted molar refractivity (Wildman–Crippen MR) is 128 cm³/mol. The highest BCUT2D eigenvalue weighted by Gasteiger charge is 2.53. The van der Waals surface area contributed by atoms with Gasteiger partial charge in [0.05, 0.1) is 6.61 Å². The molecule has 39 heavy (non-hydrogen) atoms. The van der Waals surface area contributed by atoms with Crippen molar-refractivity contribution in [1.29, 1.82) is 0 Å². The lowest BCUT2D eigenvalue weighted by Crippen LogP contribution is -2.45. The molecule has 0 aliphatic carbocycles. The summed E-state index contributed by atoms with van der Waals surface area (Å²) in [5.74, 6) is -5.26. The monoisotopic (exact) mass is 548 g/mol. The topological polar surface area (TPSA) is 223 Å². The molecule has 1 fully saturated rings. The molecule has 1 aromatic heterocycles. The van der Waals surface area contributed by atoms with Gasteiger partial charge < -0.3 is 54.0 Å². The largest absolute Gasteiger partial charge is 0.508 e. The summed E-state index contributed by atoms with van der Waals surface area (Å²) in [6, 6.07) is 5.89. The number of aliphatic hydroxyl groups excluding tert-OH is 2. The van der Waals surface area contributed by atoms with E-state index in [1.165, 1.54) is 24.3 Å². The van der Waals surface area contributed by atoms with Crippen molar-refractivity contribution < 1.29 is 63.6 Å². The Hall–Kier alpha value is -4.53. The number of esters is 2. The summed E-state index contributed by atoms with van der Waals surface area (Å²) >= 11 is 0. The average molecular weight is 548 g/mol. The number of hydrogen-bond donors (Lipinski definition) is 6. The van der Waals surface area contributed by atoms with Crippen molar-refractivity contribution in [2.75, 3.05) is 6.61 Å². The summed E-state index contributed by atoms with van der Waals surface area (Å²) in [4.78, 5) is 36.6. The van der Waals surface area contributed by atoms with Crippen molar-refractivity contribution in [2.24, 2.45) is 0 Å². The van der Waals surface area contributed by atoms with E-state index in [1.807, 2.05) is 0 Å². The van der Waals surface area contributed by atoms with Gasteiger partial charge in [0, 0.05) is 25.5 Å². The maximum Gasteiger partial charge on any atom is 0.303 e. The van der Waals surface area contributed by atoms with Gasteiger partial charge in [0.1, 0.15) is 29.1 Å². The zero-order valence-electron chi connectivity index (χ0n) is 20.4. The third kappa shape index (κ3) is 5.25. The van der Waals surface area contributed by atoms with Crippen LogP contribution in [0, 0.1) is 0 Å². The van der Waals surface area contributed by atoms with Crippen molar-refractivity contribution in [3.63, 3.8) is 0 Å². The van der Waals surface area contributed by atoms with E-state index in [1.54, 1.807) is 0 Å². The van der Waals surface area contributed by atoms with E-state index in [0.29, 0.717) is 0 Å². The van der Waals surface area contributed by atoms with E-state index < -0.39 is 94.4 Å². The van der Waals surface area contributed by atoms with Crippen molar-refractivity contribution in [2.45, 2.75) is 44.6 Å². The normalized spacial score (nSPS) is 21.4. The Morgan fingerprint density at radius 2 is 1.59 bits per heavy atom. The molecule has 14 nitrogen and oxygen atoms in total. The van der Waals surface area contributed by atoms with Crippen molar-refractivity contribution >= 4 is 22.9 Å². The van der Waals surface area contributed by atoms with Gasteiger partial charge in [-0.15, -0.1) is 0 Å². The first-order valence-electron chi connectivity index (χ1n) is 11.4. The molecule has 0 bridgehead atoms. The number of aliphatic hydroxyl groups is 2. The Kier molecular flexibility index (Phi) is 7.53. The van der Waals surface area contributed by atoms with E-state index >= 15 is 0 Å². The number of ether oxygens (including phenoxy) is 4. The first kappa shape index (κ1) is 27.5. The molecule has 0 unspecified atom stereocenters. The molecule has 208 valence electrons. The Labute approximate surface area is 218 Å². The minimum Gasteiger partial charge on any atom is -0.508 e. The summed E-state index contributed by atoms with van der Waals surface area (Å²) in [7, 11) is 0. The molecule has 0 spiro atoms. The average Bonchev–Trinajstić information content (AvgIpc) is 3.18. The van der Waals surface area contributed by atoms with Crippen LogP contribution in [0.2, 0.25) is 0 Å². The number of hydrogen-bond acceptors (Lipinski definition) is 14. The maximum atomic E-state index is 13.0. The molecule has 14 heteroatoms. The highest BCUT2D eigenvalue weighted by molar-refractivity contribution is 5.93. The van der Waals surface area contributed by atoms with Crippen LogP contribution < -0.4 is 10.2 Å². The number of aromatic hydroxyl groups is 4. The molecule has 1 aliphatic heterocycles. The zero-order chi connectivity index (χ0) is 28.6. The van der Waals surface area contributed by atoms with Gasteiger partial charge in [0.2, 0.25) is 29.3 Å². The van der Waals surface area contributed by atoms with Gasteiger partial charge in [-0.1, -0.05) is 0 Å². The molecule has 3 aromatic rings. The molecule has 1 aliphatic rings. The smallest absolute Gasteiger partial charge is 0.303 e. The summed E-state index contributed by atoms with van der Waals surface area (Å²) in [5, 5.41) is 60.1. The van der Waals surface area contributed by atoms with Crippen LogP contribution in [-0.4, -0.2) is 79.9 Å². The molecule has 2 aromatic carbocycles. The summed E-state index contributed by atoms with van der Waals surface area (Å²) < 4.78 is 27.4. The quantitative estimate of drug-likeness (QED) is 0.223. The fraction of sp³-hybridized carbons (Fsp3) is 0.320. The van der Waals surface area contributed by atoms with Gasteiger partial charge in [0.25, 0.3) is 0 Å². The molecular formula is C25H24O14. The third-order valence-electron chi connectivity index (χ3n) is 5.80. The van der Waals surface area contributed by atoms with Crippen LogP contribution in [0.1, 0.15) is 13.8 Å². The lowest BCUT2D eigenvalue weighted by Gasteiger charge is -2.24. The second-order valence-corrected chi connectivity index (χ2v) is 8.59. The first-order chi connectivity index (χ1) is 18.4. The van der Waals surface area contributed by atoms with E-state index in [2.05, 4.69) is 0 Å². The fourth-order valence-electron chi connectivity index (χ4n) is 4.14. The van der Waals surface area contributed by atoms with E-state index in [0.717, 1.165) is 19.9 Å². The minimum atomic E-state index is -1.71. The first-order valence-corrected chi connectivity index (χ1v) is 11.4. The van der Waals surface area contributed by atoms with Gasteiger partial charge in [-0.05, 0) is 24.3 Å². The minimum absolute atomic E-state index is 0.113. The van der Waals surface area contributed by atoms with Crippen molar-refractivity contribution in [3.8, 4) is 40.1 Å². The van der Waals surface area contributed by atoms with E-state index in [-0.39, 0.29) is 11.3 Å². The Bertz CT molecular complexity index is 1460. The SMILES string of the molecule is CC(=O)O[C@@H]1[C@@H](OC(C)=O)[C@H](Oc2c(O)cc(O)c3c(=O)c(O)c(-c4ccc(O)cc4)oc23)O[C@@H]1[C@H](O)CO. The molecule has 6 N–H and O–H groups in total. The molecule has 4 rings (SSSR count). The summed E-state index contributed by atoms with van der Waals surface area (Å²) in [6.45, 7) is 1.25. The molecule has 0 radical (unpaired) electrons. The Balaban J connectivity index is 1.87. The lowest BCUT2D eigenvalue weighted by atomic mass is 10.1. The fourth-order valence-corrected chi connectivity index (χ4v) is 4.14. The number of carbonyl (C=O) groups is 2. The van der Waals surface area contributed by atoms with Crippen molar-refractivity contribution in [1.82, 2.24) is 0 Å². The van der Waals surface area contributed by atoms with Crippen LogP contribution in [0.5, 0.6) is 28.7 Å². The lowest BCUT2D eigenvalue weighted by molar-refractivity contribution is -0.170. The maximum absolute atomic E-state index is 13.0. The predicted octanol–water partition coefficient (Wildman–Crippen LogP) is 0.603. The second kappa shape index (κ2) is 10.7. The molecule has 0 saturated carbocycles. The van der Waals surface area contributed by atoms with Gasteiger partial charge in [-0.2, -0.15) is 0 Å². The Morgan fingerprint density at radius 1 is 0.974 bits per heavy atom. The summed E-state index contributed by atoms with van der Waals surface area (Å²) in [5.41, 5.74) is -1.52. The van der Waals surface area contributed by atoms with Crippen LogP contribution >= 0.6 is 0 Å². The number of fused-ring (bicyclic) bond motifs is 1. The molecule has 1 saturated heterocycles. The van der Waals surface area contributed by atoms with Gasteiger partial charge in [0.15, 0.2) is 23.2 Å². The zero-order valence-corrected chi connectivity index (χ0v) is 20.4. The molecule has 0 amide bonds. The summed E-state index contributed by atoms with van der Waals surface area (Å²) in [6.07, 6.45) is -7.79. The van der Waals surface area contributed by atoms with Crippen LogP contribution in [0.4, 0.5) is 0 Å². The third-order valence-corrected chi connectivity index (χ3v) is 5.80.